The van der Waals surface area contributed by atoms with Crippen molar-refractivity contribution in [3.63, 3.8) is 0 Å². The Labute approximate surface area is 207 Å². The summed E-state index contributed by atoms with van der Waals surface area (Å²) in [5.74, 6) is 1.16. The summed E-state index contributed by atoms with van der Waals surface area (Å²) in [4.78, 5) is 22.4. The molecule has 6 nitrogen and oxygen atoms in total. The van der Waals surface area contributed by atoms with Gasteiger partial charge in [-0.25, -0.2) is 4.98 Å². The Kier molecular flexibility index (Phi) is 6.59. The van der Waals surface area contributed by atoms with Gasteiger partial charge in [0, 0.05) is 42.3 Å². The monoisotopic (exact) mass is 468 g/mol. The fourth-order valence-electron chi connectivity index (χ4n) is 5.77. The van der Waals surface area contributed by atoms with E-state index >= 15 is 0 Å². The highest BCUT2D eigenvalue weighted by Crippen LogP contribution is 2.38. The summed E-state index contributed by atoms with van der Waals surface area (Å²) in [6.07, 6.45) is 9.06. The Balaban J connectivity index is 1.53. The standard InChI is InChI=1S/C29H32N4O2/c1-20-17-32(18-21(2)33(20)29(34)24-13-14-35-19-24)28-26(16-30)25(22-9-5-3-6-10-22)15-27(31-28)23-11-7-4-8-12-23/h3,5-6,9-10,13-15,19-21,23H,4,7-8,11-12,17-18H2,1-2H3/t20-,21+. The average Bonchev–Trinajstić information content (AvgIpc) is 3.43. The Morgan fingerprint density at radius 2 is 1.77 bits per heavy atom. The SMILES string of the molecule is C[C@@H]1CN(c2nc(C3CCCCC3)cc(-c3ccccc3)c2C#N)C[C@H](C)N1C(=O)c1ccoc1. The van der Waals surface area contributed by atoms with Gasteiger partial charge in [0.2, 0.25) is 0 Å². The number of carbonyl (C=O) groups is 1. The first-order chi connectivity index (χ1) is 17.1. The zero-order chi connectivity index (χ0) is 24.4. The van der Waals surface area contributed by atoms with Gasteiger partial charge >= 0.3 is 0 Å². The normalized spacial score (nSPS) is 21.1. The van der Waals surface area contributed by atoms with Crippen molar-refractivity contribution < 1.29 is 9.21 Å². The molecule has 1 aromatic carbocycles. The van der Waals surface area contributed by atoms with Crippen molar-refractivity contribution in [2.24, 2.45) is 0 Å². The van der Waals surface area contributed by atoms with Gasteiger partial charge in [-0.15, -0.1) is 0 Å². The van der Waals surface area contributed by atoms with E-state index in [4.69, 9.17) is 9.40 Å². The van der Waals surface area contributed by atoms with E-state index in [0.29, 0.717) is 30.1 Å². The maximum atomic E-state index is 13.1. The van der Waals surface area contributed by atoms with E-state index in [1.165, 1.54) is 31.8 Å². The second-order valence-electron chi connectivity index (χ2n) is 9.93. The number of hydrogen-bond acceptors (Lipinski definition) is 5. The maximum absolute atomic E-state index is 13.1. The molecular formula is C29H32N4O2. The number of piperazine rings is 1. The first-order valence-electron chi connectivity index (χ1n) is 12.7. The Morgan fingerprint density at radius 1 is 1.06 bits per heavy atom. The molecule has 3 aromatic rings. The molecule has 1 saturated carbocycles. The zero-order valence-electron chi connectivity index (χ0n) is 20.5. The molecule has 2 aromatic heterocycles. The van der Waals surface area contributed by atoms with Crippen molar-refractivity contribution in [2.45, 2.75) is 64.0 Å². The van der Waals surface area contributed by atoms with E-state index in [0.717, 1.165) is 35.5 Å². The van der Waals surface area contributed by atoms with Crippen LogP contribution in [0.4, 0.5) is 5.82 Å². The molecule has 3 heterocycles. The van der Waals surface area contributed by atoms with E-state index in [9.17, 15) is 10.1 Å². The summed E-state index contributed by atoms with van der Waals surface area (Å²) in [5.41, 5.74) is 4.27. The van der Waals surface area contributed by atoms with E-state index in [1.54, 1.807) is 6.07 Å². The van der Waals surface area contributed by atoms with Gasteiger partial charge in [0.15, 0.2) is 0 Å². The third-order valence-corrected chi connectivity index (χ3v) is 7.46. The van der Waals surface area contributed by atoms with Crippen molar-refractivity contribution in [1.82, 2.24) is 9.88 Å². The van der Waals surface area contributed by atoms with Crippen LogP contribution >= 0.6 is 0 Å². The van der Waals surface area contributed by atoms with E-state index in [2.05, 4.69) is 43.0 Å². The third kappa shape index (κ3) is 4.55. The number of rotatable bonds is 4. The van der Waals surface area contributed by atoms with Gasteiger partial charge < -0.3 is 14.2 Å². The number of nitrogens with zero attached hydrogens (tertiary/aromatic N) is 4. The van der Waals surface area contributed by atoms with Crippen molar-refractivity contribution in [3.8, 4) is 17.2 Å². The molecule has 180 valence electrons. The minimum atomic E-state index is -0.0343. The first kappa shape index (κ1) is 23.2. The summed E-state index contributed by atoms with van der Waals surface area (Å²) < 4.78 is 5.14. The van der Waals surface area contributed by atoms with E-state index < -0.39 is 0 Å². The number of amides is 1. The number of hydrogen-bond donors (Lipinski definition) is 0. The molecule has 5 rings (SSSR count). The average molecular weight is 469 g/mol. The second kappa shape index (κ2) is 9.95. The second-order valence-corrected chi connectivity index (χ2v) is 9.93. The molecule has 1 saturated heterocycles. The van der Waals surface area contributed by atoms with Crippen molar-refractivity contribution in [3.05, 3.63) is 71.8 Å². The molecule has 6 heteroatoms. The molecule has 35 heavy (non-hydrogen) atoms. The summed E-state index contributed by atoms with van der Waals surface area (Å²) in [7, 11) is 0. The van der Waals surface area contributed by atoms with Gasteiger partial charge in [-0.1, -0.05) is 49.6 Å². The van der Waals surface area contributed by atoms with Crippen molar-refractivity contribution in [2.75, 3.05) is 18.0 Å². The fourth-order valence-corrected chi connectivity index (χ4v) is 5.77. The van der Waals surface area contributed by atoms with E-state index in [-0.39, 0.29) is 18.0 Å². The molecule has 2 atom stereocenters. The molecule has 0 bridgehead atoms. The predicted octanol–water partition coefficient (Wildman–Crippen LogP) is 6.00. The van der Waals surface area contributed by atoms with Crippen molar-refractivity contribution in [1.29, 1.82) is 5.26 Å². The summed E-state index contributed by atoms with van der Waals surface area (Å²) >= 11 is 0. The quantitative estimate of drug-likeness (QED) is 0.469. The molecule has 0 spiro atoms. The summed E-state index contributed by atoms with van der Waals surface area (Å²) in [6, 6.07) is 16.4. The van der Waals surface area contributed by atoms with Crippen LogP contribution in [0.25, 0.3) is 11.1 Å². The lowest BCUT2D eigenvalue weighted by Crippen LogP contribution is -2.59. The number of nitriles is 1. The number of anilines is 1. The maximum Gasteiger partial charge on any atom is 0.257 e. The molecule has 1 aliphatic carbocycles. The van der Waals surface area contributed by atoms with Crippen LogP contribution in [0.15, 0.2) is 59.4 Å². The van der Waals surface area contributed by atoms with E-state index in [1.807, 2.05) is 23.1 Å². The molecule has 1 amide bonds. The van der Waals surface area contributed by atoms with Gasteiger partial charge in [-0.05, 0) is 44.4 Å². The van der Waals surface area contributed by atoms with Crippen LogP contribution in [0.3, 0.4) is 0 Å². The highest BCUT2D eigenvalue weighted by atomic mass is 16.3. The van der Waals surface area contributed by atoms with Crippen molar-refractivity contribution >= 4 is 11.7 Å². The minimum absolute atomic E-state index is 0.0206. The lowest BCUT2D eigenvalue weighted by atomic mass is 9.85. The van der Waals surface area contributed by atoms with Gasteiger partial charge in [0.05, 0.1) is 11.8 Å². The predicted molar refractivity (Wildman–Crippen MR) is 136 cm³/mol. The van der Waals surface area contributed by atoms with Crippen LogP contribution in [-0.2, 0) is 0 Å². The number of pyridine rings is 1. The molecular weight excluding hydrogens is 436 g/mol. The summed E-state index contributed by atoms with van der Waals surface area (Å²) in [6.45, 7) is 5.38. The fraction of sp³-hybridized carbons (Fsp3) is 0.414. The van der Waals surface area contributed by atoms with Crippen LogP contribution < -0.4 is 4.90 Å². The highest BCUT2D eigenvalue weighted by Gasteiger charge is 2.36. The van der Waals surface area contributed by atoms with Gasteiger partial charge in [-0.3, -0.25) is 4.79 Å². The smallest absolute Gasteiger partial charge is 0.257 e. The topological polar surface area (TPSA) is 73.4 Å². The zero-order valence-corrected chi connectivity index (χ0v) is 20.5. The largest absolute Gasteiger partial charge is 0.472 e. The molecule has 0 N–H and O–H groups in total. The van der Waals surface area contributed by atoms with Crippen LogP contribution in [0, 0.1) is 11.3 Å². The van der Waals surface area contributed by atoms with Crippen LogP contribution in [-0.4, -0.2) is 41.0 Å². The molecule has 0 unspecified atom stereocenters. The first-order valence-corrected chi connectivity index (χ1v) is 12.7. The Hall–Kier alpha value is -3.59. The van der Waals surface area contributed by atoms with Gasteiger partial charge in [0.1, 0.15) is 23.7 Å². The highest BCUT2D eigenvalue weighted by molar-refractivity contribution is 5.94. The lowest BCUT2D eigenvalue weighted by Gasteiger charge is -2.45. The molecule has 2 aliphatic rings. The van der Waals surface area contributed by atoms with Crippen LogP contribution in [0.2, 0.25) is 0 Å². The number of furan rings is 1. The molecule has 1 aliphatic heterocycles. The number of carbonyl (C=O) groups excluding carboxylic acids is 1. The van der Waals surface area contributed by atoms with Gasteiger partial charge in [0.25, 0.3) is 5.91 Å². The Bertz CT molecular complexity index is 1200. The Morgan fingerprint density at radius 3 is 2.40 bits per heavy atom. The lowest BCUT2D eigenvalue weighted by molar-refractivity contribution is 0.0573. The van der Waals surface area contributed by atoms with Gasteiger partial charge in [-0.2, -0.15) is 5.26 Å². The van der Waals surface area contributed by atoms with Crippen LogP contribution in [0.1, 0.15) is 73.5 Å². The summed E-state index contributed by atoms with van der Waals surface area (Å²) in [5, 5.41) is 10.3. The molecule has 2 fully saturated rings. The number of benzene rings is 1. The van der Waals surface area contributed by atoms with Crippen LogP contribution in [0.5, 0.6) is 0 Å². The molecule has 0 radical (unpaired) electrons. The number of aromatic nitrogens is 1. The minimum Gasteiger partial charge on any atom is -0.472 e. The third-order valence-electron chi connectivity index (χ3n) is 7.46.